The van der Waals surface area contributed by atoms with Gasteiger partial charge >= 0.3 is 5.97 Å². The highest BCUT2D eigenvalue weighted by molar-refractivity contribution is 5.94. The SMILES string of the molecule is COc1cc2c(c(OC)c1)C(=O)O[C@H](C)CCCC/C=C/C2. The molecule has 0 radical (unpaired) electrons. The maximum absolute atomic E-state index is 12.5. The van der Waals surface area contributed by atoms with Crippen LogP contribution in [0.5, 0.6) is 11.5 Å². The van der Waals surface area contributed by atoms with E-state index in [0.717, 1.165) is 31.2 Å². The lowest BCUT2D eigenvalue weighted by Gasteiger charge is -2.18. The number of cyclic esters (lactones) is 1. The van der Waals surface area contributed by atoms with Crippen LogP contribution in [0.15, 0.2) is 24.3 Å². The number of benzene rings is 1. The number of carbonyl (C=O) groups is 1. The zero-order valence-corrected chi connectivity index (χ0v) is 13.6. The van der Waals surface area contributed by atoms with Crippen LogP contribution in [0, 0.1) is 0 Å². The predicted molar refractivity (Wildman–Crippen MR) is 85.7 cm³/mol. The minimum Gasteiger partial charge on any atom is -0.497 e. The van der Waals surface area contributed by atoms with Crippen molar-refractivity contribution in [3.05, 3.63) is 35.4 Å². The highest BCUT2D eigenvalue weighted by atomic mass is 16.5. The van der Waals surface area contributed by atoms with Crippen molar-refractivity contribution in [2.24, 2.45) is 0 Å². The van der Waals surface area contributed by atoms with Gasteiger partial charge in [-0.2, -0.15) is 0 Å². The van der Waals surface area contributed by atoms with Gasteiger partial charge in [-0.3, -0.25) is 0 Å². The molecule has 2 rings (SSSR count). The van der Waals surface area contributed by atoms with Gasteiger partial charge in [0.15, 0.2) is 0 Å². The van der Waals surface area contributed by atoms with E-state index >= 15 is 0 Å². The Labute approximate surface area is 132 Å². The summed E-state index contributed by atoms with van der Waals surface area (Å²) in [7, 11) is 3.16. The van der Waals surface area contributed by atoms with Crippen molar-refractivity contribution in [1.29, 1.82) is 0 Å². The van der Waals surface area contributed by atoms with Gasteiger partial charge in [0.25, 0.3) is 0 Å². The smallest absolute Gasteiger partial charge is 0.342 e. The van der Waals surface area contributed by atoms with Crippen LogP contribution in [0.1, 0.15) is 48.5 Å². The molecule has 0 saturated heterocycles. The molecule has 0 fully saturated rings. The molecule has 1 aliphatic heterocycles. The highest BCUT2D eigenvalue weighted by Crippen LogP contribution is 2.31. The summed E-state index contributed by atoms with van der Waals surface area (Å²) in [5, 5.41) is 0. The number of hydrogen-bond acceptors (Lipinski definition) is 4. The third kappa shape index (κ3) is 4.03. The predicted octanol–water partition coefficient (Wildman–Crippen LogP) is 3.92. The van der Waals surface area contributed by atoms with Crippen LogP contribution in [0.25, 0.3) is 0 Å². The topological polar surface area (TPSA) is 44.8 Å². The fourth-order valence-electron chi connectivity index (χ4n) is 2.64. The summed E-state index contributed by atoms with van der Waals surface area (Å²) >= 11 is 0. The number of ether oxygens (including phenoxy) is 3. The molecule has 120 valence electrons. The number of rotatable bonds is 2. The molecule has 22 heavy (non-hydrogen) atoms. The molecule has 1 atom stereocenters. The lowest BCUT2D eigenvalue weighted by Crippen LogP contribution is -2.17. The maximum Gasteiger partial charge on any atom is 0.342 e. The fourth-order valence-corrected chi connectivity index (χ4v) is 2.64. The van der Waals surface area contributed by atoms with E-state index in [9.17, 15) is 4.79 Å². The minimum absolute atomic E-state index is 0.0874. The van der Waals surface area contributed by atoms with E-state index in [1.807, 2.05) is 13.0 Å². The zero-order valence-electron chi connectivity index (χ0n) is 13.6. The van der Waals surface area contributed by atoms with Crippen molar-refractivity contribution in [3.63, 3.8) is 0 Å². The number of allylic oxidation sites excluding steroid dienone is 2. The molecule has 0 aromatic heterocycles. The van der Waals surface area contributed by atoms with E-state index in [4.69, 9.17) is 14.2 Å². The Morgan fingerprint density at radius 2 is 1.95 bits per heavy atom. The van der Waals surface area contributed by atoms with Gasteiger partial charge in [0.2, 0.25) is 0 Å². The van der Waals surface area contributed by atoms with Crippen molar-refractivity contribution >= 4 is 5.97 Å². The Hall–Kier alpha value is -1.97. The second-order valence-electron chi connectivity index (χ2n) is 5.54. The summed E-state index contributed by atoms with van der Waals surface area (Å²) < 4.78 is 16.3. The highest BCUT2D eigenvalue weighted by Gasteiger charge is 2.22. The third-order valence-electron chi connectivity index (χ3n) is 3.86. The van der Waals surface area contributed by atoms with Crippen LogP contribution in [0.2, 0.25) is 0 Å². The van der Waals surface area contributed by atoms with Gasteiger partial charge in [-0.25, -0.2) is 4.79 Å². The van der Waals surface area contributed by atoms with E-state index in [2.05, 4.69) is 12.2 Å². The molecule has 1 aromatic carbocycles. The van der Waals surface area contributed by atoms with Crippen LogP contribution in [-0.2, 0) is 11.2 Å². The molecule has 0 spiro atoms. The normalized spacial score (nSPS) is 20.9. The number of carbonyl (C=O) groups excluding carboxylic acids is 1. The molecule has 0 saturated carbocycles. The Morgan fingerprint density at radius 1 is 1.14 bits per heavy atom. The molecule has 4 nitrogen and oxygen atoms in total. The summed E-state index contributed by atoms with van der Waals surface area (Å²) in [5.74, 6) is 0.852. The van der Waals surface area contributed by atoms with E-state index < -0.39 is 0 Å². The lowest BCUT2D eigenvalue weighted by molar-refractivity contribution is 0.0315. The molecule has 0 N–H and O–H groups in total. The first-order chi connectivity index (χ1) is 10.7. The zero-order chi connectivity index (χ0) is 15.9. The maximum atomic E-state index is 12.5. The van der Waals surface area contributed by atoms with Crippen LogP contribution in [-0.4, -0.2) is 26.3 Å². The summed E-state index contributed by atoms with van der Waals surface area (Å²) in [4.78, 5) is 12.5. The average molecular weight is 304 g/mol. The average Bonchev–Trinajstić information content (AvgIpc) is 2.51. The standard InChI is InChI=1S/C18H24O4/c1-13-9-7-5-4-6-8-10-14-11-15(20-2)12-16(21-3)17(14)18(19)22-13/h6,8,11-13H,4-5,7,9-10H2,1-3H3/b8-6+/t13-/m1/s1. The van der Waals surface area contributed by atoms with E-state index in [-0.39, 0.29) is 12.1 Å². The molecule has 4 heteroatoms. The number of hydrogen-bond donors (Lipinski definition) is 0. The summed E-state index contributed by atoms with van der Waals surface area (Å²) in [5.41, 5.74) is 1.37. The van der Waals surface area contributed by atoms with Gasteiger partial charge in [0, 0.05) is 6.07 Å². The molecule has 0 unspecified atom stereocenters. The van der Waals surface area contributed by atoms with Crippen molar-refractivity contribution < 1.29 is 19.0 Å². The first-order valence-electron chi connectivity index (χ1n) is 7.76. The van der Waals surface area contributed by atoms with Crippen molar-refractivity contribution in [1.82, 2.24) is 0 Å². The molecule has 1 heterocycles. The first-order valence-corrected chi connectivity index (χ1v) is 7.76. The molecular formula is C18H24O4. The molecule has 1 aromatic rings. The van der Waals surface area contributed by atoms with Gasteiger partial charge in [0.05, 0.1) is 20.3 Å². The number of esters is 1. The second-order valence-corrected chi connectivity index (χ2v) is 5.54. The Kier molecular flexibility index (Phi) is 5.87. The van der Waals surface area contributed by atoms with Crippen molar-refractivity contribution in [2.75, 3.05) is 14.2 Å². The van der Waals surface area contributed by atoms with Crippen LogP contribution < -0.4 is 9.47 Å². The van der Waals surface area contributed by atoms with E-state index in [1.165, 1.54) is 0 Å². The molecular weight excluding hydrogens is 280 g/mol. The Bertz CT molecular complexity index is 548. The van der Waals surface area contributed by atoms with E-state index in [1.54, 1.807) is 20.3 Å². The van der Waals surface area contributed by atoms with Gasteiger partial charge in [0.1, 0.15) is 17.1 Å². The Balaban J connectivity index is 2.44. The molecule has 0 amide bonds. The van der Waals surface area contributed by atoms with Crippen LogP contribution in [0.4, 0.5) is 0 Å². The van der Waals surface area contributed by atoms with Gasteiger partial charge < -0.3 is 14.2 Å². The number of fused-ring (bicyclic) bond motifs is 1. The Morgan fingerprint density at radius 3 is 2.68 bits per heavy atom. The second kappa shape index (κ2) is 7.87. The monoisotopic (exact) mass is 304 g/mol. The number of methoxy groups -OCH3 is 2. The van der Waals surface area contributed by atoms with Gasteiger partial charge in [-0.05, 0) is 50.7 Å². The van der Waals surface area contributed by atoms with Crippen molar-refractivity contribution in [3.8, 4) is 11.5 Å². The summed E-state index contributed by atoms with van der Waals surface area (Å²) in [6.07, 6.45) is 8.95. The molecule has 0 bridgehead atoms. The summed E-state index contributed by atoms with van der Waals surface area (Å²) in [6.45, 7) is 1.94. The minimum atomic E-state index is -0.323. The molecule has 0 aliphatic carbocycles. The first kappa shape index (κ1) is 16.4. The largest absolute Gasteiger partial charge is 0.497 e. The van der Waals surface area contributed by atoms with Crippen LogP contribution >= 0.6 is 0 Å². The fraction of sp³-hybridized carbons (Fsp3) is 0.500. The van der Waals surface area contributed by atoms with E-state index in [0.29, 0.717) is 23.5 Å². The molecule has 1 aliphatic rings. The van der Waals surface area contributed by atoms with Gasteiger partial charge in [-0.15, -0.1) is 0 Å². The van der Waals surface area contributed by atoms with Crippen LogP contribution in [0.3, 0.4) is 0 Å². The lowest BCUT2D eigenvalue weighted by atomic mass is 10.0. The summed E-state index contributed by atoms with van der Waals surface area (Å²) in [6, 6.07) is 3.60. The van der Waals surface area contributed by atoms with Gasteiger partial charge in [-0.1, -0.05) is 12.2 Å². The third-order valence-corrected chi connectivity index (χ3v) is 3.86. The quantitative estimate of drug-likeness (QED) is 0.613. The van der Waals surface area contributed by atoms with Crippen molar-refractivity contribution in [2.45, 2.75) is 45.1 Å².